The van der Waals surface area contributed by atoms with Crippen molar-refractivity contribution in [3.63, 3.8) is 0 Å². The van der Waals surface area contributed by atoms with E-state index in [1.807, 2.05) is 5.43 Å². The molecule has 0 radical (unpaired) electrons. The van der Waals surface area contributed by atoms with Crippen molar-refractivity contribution in [3.05, 3.63) is 0 Å². The summed E-state index contributed by atoms with van der Waals surface area (Å²) in [6, 6.07) is 0. The third kappa shape index (κ3) is 1.86. The number of carbonyl (C=O) groups excluding carboxylic acids is 1. The zero-order chi connectivity index (χ0) is 8.27. The zero-order valence-corrected chi connectivity index (χ0v) is 5.56. The van der Waals surface area contributed by atoms with Crippen LogP contribution in [-0.4, -0.2) is 26.1 Å². The SMILES string of the molecule is NNC(=O)Cn1nnc(N)n1. The molecule has 11 heavy (non-hydrogen) atoms. The molecule has 0 atom stereocenters. The Labute approximate surface area is 61.5 Å². The van der Waals surface area contributed by atoms with E-state index in [0.717, 1.165) is 4.80 Å². The van der Waals surface area contributed by atoms with E-state index >= 15 is 0 Å². The van der Waals surface area contributed by atoms with Crippen molar-refractivity contribution < 1.29 is 4.79 Å². The largest absolute Gasteiger partial charge is 0.365 e. The quantitative estimate of drug-likeness (QED) is 0.243. The van der Waals surface area contributed by atoms with Crippen molar-refractivity contribution in [1.29, 1.82) is 0 Å². The number of hydrogen-bond acceptors (Lipinski definition) is 6. The molecule has 1 amide bonds. The summed E-state index contributed by atoms with van der Waals surface area (Å²) in [5, 5.41) is 10.3. The highest BCUT2D eigenvalue weighted by molar-refractivity contribution is 5.74. The van der Waals surface area contributed by atoms with Gasteiger partial charge in [-0.15, -0.1) is 5.10 Å². The van der Waals surface area contributed by atoms with E-state index < -0.39 is 5.91 Å². The summed E-state index contributed by atoms with van der Waals surface area (Å²) in [6.07, 6.45) is 0. The van der Waals surface area contributed by atoms with Crippen LogP contribution >= 0.6 is 0 Å². The van der Waals surface area contributed by atoms with Gasteiger partial charge in [-0.05, 0) is 5.21 Å². The minimum atomic E-state index is -0.414. The molecule has 0 aliphatic heterocycles. The molecule has 8 nitrogen and oxygen atoms in total. The molecule has 1 rings (SSSR count). The Morgan fingerprint density at radius 2 is 2.45 bits per heavy atom. The maximum absolute atomic E-state index is 10.6. The molecule has 1 heterocycles. The van der Waals surface area contributed by atoms with Crippen LogP contribution in [0.3, 0.4) is 0 Å². The van der Waals surface area contributed by atoms with Gasteiger partial charge >= 0.3 is 0 Å². The number of hydrogen-bond donors (Lipinski definition) is 3. The van der Waals surface area contributed by atoms with Crippen molar-refractivity contribution in [3.8, 4) is 0 Å². The molecule has 0 aliphatic rings. The highest BCUT2D eigenvalue weighted by atomic mass is 16.2. The van der Waals surface area contributed by atoms with Gasteiger partial charge in [-0.25, -0.2) is 5.84 Å². The van der Waals surface area contributed by atoms with Gasteiger partial charge in [0.15, 0.2) is 0 Å². The molecule has 5 N–H and O–H groups in total. The lowest BCUT2D eigenvalue weighted by molar-refractivity contribution is -0.122. The number of aromatic nitrogens is 4. The first-order valence-electron chi connectivity index (χ1n) is 2.75. The highest BCUT2D eigenvalue weighted by Crippen LogP contribution is 1.83. The monoisotopic (exact) mass is 157 g/mol. The second kappa shape index (κ2) is 2.92. The van der Waals surface area contributed by atoms with Crippen molar-refractivity contribution in [1.82, 2.24) is 25.6 Å². The predicted octanol–water partition coefficient (Wildman–Crippen LogP) is -2.75. The van der Waals surface area contributed by atoms with Crippen LogP contribution in [0, 0.1) is 0 Å². The Balaban J connectivity index is 2.57. The van der Waals surface area contributed by atoms with E-state index in [2.05, 4.69) is 15.4 Å². The molecule has 0 saturated carbocycles. The molecule has 0 aromatic carbocycles. The minimum absolute atomic E-state index is 0.0230. The van der Waals surface area contributed by atoms with E-state index in [-0.39, 0.29) is 12.5 Å². The summed E-state index contributed by atoms with van der Waals surface area (Å²) in [4.78, 5) is 11.6. The van der Waals surface area contributed by atoms with Crippen molar-refractivity contribution in [2.75, 3.05) is 5.73 Å². The molecule has 0 aliphatic carbocycles. The highest BCUT2D eigenvalue weighted by Gasteiger charge is 2.02. The van der Waals surface area contributed by atoms with Crippen LogP contribution in [0.1, 0.15) is 0 Å². The normalized spacial score (nSPS) is 9.55. The Hall–Kier alpha value is -1.70. The first-order valence-corrected chi connectivity index (χ1v) is 2.75. The Morgan fingerprint density at radius 3 is 2.91 bits per heavy atom. The standard InChI is InChI=1S/C3H7N7O/c4-3-7-9-10(8-3)1-2(11)6-5/h1,5H2,(H2,4,8)(H,6,11). The predicted molar refractivity (Wildman–Crippen MR) is 34.6 cm³/mol. The molecule has 0 fully saturated rings. The molecule has 1 aromatic rings. The lowest BCUT2D eigenvalue weighted by atomic mass is 10.6. The summed E-state index contributed by atoms with van der Waals surface area (Å²) >= 11 is 0. The number of nitrogens with zero attached hydrogens (tertiary/aromatic N) is 4. The number of amides is 1. The Kier molecular flexibility index (Phi) is 1.97. The van der Waals surface area contributed by atoms with E-state index in [1.165, 1.54) is 0 Å². The van der Waals surface area contributed by atoms with E-state index in [1.54, 1.807) is 0 Å². The van der Waals surface area contributed by atoms with Crippen molar-refractivity contribution >= 4 is 11.9 Å². The first-order chi connectivity index (χ1) is 5.22. The maximum Gasteiger partial charge on any atom is 0.260 e. The van der Waals surface area contributed by atoms with E-state index in [0.29, 0.717) is 0 Å². The summed E-state index contributed by atoms with van der Waals surface area (Å²) in [7, 11) is 0. The van der Waals surface area contributed by atoms with E-state index in [9.17, 15) is 4.79 Å². The topological polar surface area (TPSA) is 125 Å². The number of rotatable bonds is 2. The first kappa shape index (κ1) is 7.41. The van der Waals surface area contributed by atoms with Crippen LogP contribution in [-0.2, 0) is 11.3 Å². The van der Waals surface area contributed by atoms with Crippen molar-refractivity contribution in [2.45, 2.75) is 6.54 Å². The maximum atomic E-state index is 10.6. The number of hydrazine groups is 1. The molecule has 8 heteroatoms. The average Bonchev–Trinajstić information content (AvgIpc) is 2.35. The van der Waals surface area contributed by atoms with Crippen LogP contribution in [0.15, 0.2) is 0 Å². The lowest BCUT2D eigenvalue weighted by Crippen LogP contribution is -2.33. The molecule has 0 spiro atoms. The molecule has 0 unspecified atom stereocenters. The van der Waals surface area contributed by atoms with Gasteiger partial charge in [0.1, 0.15) is 6.54 Å². The summed E-state index contributed by atoms with van der Waals surface area (Å²) in [5.41, 5.74) is 7.04. The van der Waals surface area contributed by atoms with Gasteiger partial charge in [-0.3, -0.25) is 10.2 Å². The fourth-order valence-electron chi connectivity index (χ4n) is 0.497. The summed E-state index contributed by atoms with van der Waals surface area (Å²) in [5.74, 6) is 4.42. The Bertz CT molecular complexity index is 254. The molecule has 1 aromatic heterocycles. The summed E-state index contributed by atoms with van der Waals surface area (Å²) < 4.78 is 0. The smallest absolute Gasteiger partial charge is 0.260 e. The minimum Gasteiger partial charge on any atom is -0.365 e. The van der Waals surface area contributed by atoms with Gasteiger partial charge < -0.3 is 5.73 Å². The summed E-state index contributed by atoms with van der Waals surface area (Å²) in [6.45, 7) is -0.0826. The molecule has 0 saturated heterocycles. The second-order valence-corrected chi connectivity index (χ2v) is 1.75. The van der Waals surface area contributed by atoms with Crippen LogP contribution < -0.4 is 17.0 Å². The molecular weight excluding hydrogens is 150 g/mol. The van der Waals surface area contributed by atoms with Gasteiger partial charge in [-0.2, -0.15) is 4.80 Å². The number of nitrogens with one attached hydrogen (secondary N) is 1. The number of nitrogen functional groups attached to an aromatic ring is 1. The number of anilines is 1. The van der Waals surface area contributed by atoms with Gasteiger partial charge in [0.05, 0.1) is 0 Å². The fourth-order valence-corrected chi connectivity index (χ4v) is 0.497. The third-order valence-electron chi connectivity index (χ3n) is 0.914. The lowest BCUT2D eigenvalue weighted by Gasteiger charge is -1.94. The Morgan fingerprint density at radius 1 is 1.73 bits per heavy atom. The number of nitrogens with two attached hydrogens (primary N) is 2. The van der Waals surface area contributed by atoms with Gasteiger partial charge in [0.2, 0.25) is 0 Å². The zero-order valence-electron chi connectivity index (χ0n) is 5.56. The average molecular weight is 157 g/mol. The third-order valence-corrected chi connectivity index (χ3v) is 0.914. The fraction of sp³-hybridized carbons (Fsp3) is 0.333. The molecule has 0 bridgehead atoms. The van der Waals surface area contributed by atoms with Crippen LogP contribution in [0.5, 0.6) is 0 Å². The van der Waals surface area contributed by atoms with Gasteiger partial charge in [0.25, 0.3) is 11.9 Å². The number of tetrazole rings is 1. The molecular formula is C3H7N7O. The van der Waals surface area contributed by atoms with Crippen LogP contribution in [0.25, 0.3) is 0 Å². The van der Waals surface area contributed by atoms with Crippen molar-refractivity contribution in [2.24, 2.45) is 5.84 Å². The molecule has 60 valence electrons. The number of carbonyl (C=O) groups is 1. The van der Waals surface area contributed by atoms with Crippen LogP contribution in [0.2, 0.25) is 0 Å². The van der Waals surface area contributed by atoms with E-state index in [4.69, 9.17) is 11.6 Å². The second-order valence-electron chi connectivity index (χ2n) is 1.75. The van der Waals surface area contributed by atoms with Crippen LogP contribution in [0.4, 0.5) is 5.95 Å². The van der Waals surface area contributed by atoms with Gasteiger partial charge in [0, 0.05) is 0 Å². The van der Waals surface area contributed by atoms with Gasteiger partial charge in [-0.1, -0.05) is 5.10 Å².